The highest BCUT2D eigenvalue weighted by molar-refractivity contribution is 4.91. The van der Waals surface area contributed by atoms with E-state index in [0.717, 1.165) is 11.8 Å². The molecule has 0 radical (unpaired) electrons. The van der Waals surface area contributed by atoms with Crippen LogP contribution in [-0.4, -0.2) is 18.0 Å². The Kier molecular flexibility index (Phi) is 6.10. The van der Waals surface area contributed by atoms with Crippen LogP contribution >= 0.6 is 0 Å². The molecule has 1 aliphatic carbocycles. The molecule has 2 fully saturated rings. The molecule has 0 bridgehead atoms. The first kappa shape index (κ1) is 14.0. The van der Waals surface area contributed by atoms with Crippen LogP contribution in [0.3, 0.4) is 0 Å². The lowest BCUT2D eigenvalue weighted by atomic mass is 9.80. The van der Waals surface area contributed by atoms with Gasteiger partial charge in [0.15, 0.2) is 0 Å². The van der Waals surface area contributed by atoms with Crippen molar-refractivity contribution in [3.63, 3.8) is 0 Å². The number of rotatable bonds is 5. The van der Waals surface area contributed by atoms with Crippen LogP contribution in [0.25, 0.3) is 0 Å². The summed E-state index contributed by atoms with van der Waals surface area (Å²) in [5, 5.41) is 0. The zero-order chi connectivity index (χ0) is 12.6. The molecule has 0 spiro atoms. The molecule has 1 aliphatic heterocycles. The van der Waals surface area contributed by atoms with E-state index in [2.05, 4.69) is 24.1 Å². The number of nitrogens with zero attached hydrogens (tertiary/aromatic N) is 1. The molecule has 0 unspecified atom stereocenters. The highest BCUT2D eigenvalue weighted by atomic mass is 15.1. The lowest BCUT2D eigenvalue weighted by Crippen LogP contribution is -2.24. The number of likely N-dealkylation sites (tertiary alicyclic amines) is 1. The Hall–Kier alpha value is -0.460. The van der Waals surface area contributed by atoms with Crippen LogP contribution in [0.2, 0.25) is 0 Å². The van der Waals surface area contributed by atoms with Gasteiger partial charge in [0, 0.05) is 13.1 Å². The molecule has 0 aromatic rings. The maximum atomic E-state index is 2.53. The molecule has 0 atom stereocenters. The van der Waals surface area contributed by atoms with Crippen molar-refractivity contribution in [3.8, 4) is 0 Å². The number of unbranched alkanes of at least 4 members (excludes halogenated alkanes) is 1. The quantitative estimate of drug-likeness (QED) is 0.664. The van der Waals surface area contributed by atoms with Crippen LogP contribution in [0, 0.1) is 11.8 Å². The third-order valence-corrected chi connectivity index (χ3v) is 4.82. The molecule has 104 valence electrons. The van der Waals surface area contributed by atoms with Gasteiger partial charge < -0.3 is 4.90 Å². The average molecular weight is 249 g/mol. The molecule has 2 aliphatic rings. The monoisotopic (exact) mass is 249 g/mol. The lowest BCUT2D eigenvalue weighted by Gasteiger charge is -2.28. The van der Waals surface area contributed by atoms with E-state index in [1.54, 1.807) is 0 Å². The van der Waals surface area contributed by atoms with Gasteiger partial charge in [-0.3, -0.25) is 0 Å². The van der Waals surface area contributed by atoms with Crippen LogP contribution in [0.4, 0.5) is 0 Å². The van der Waals surface area contributed by atoms with Crippen LogP contribution in [-0.2, 0) is 0 Å². The fourth-order valence-electron chi connectivity index (χ4n) is 3.47. The fraction of sp³-hybridized carbons (Fsp3) is 0.882. The minimum atomic E-state index is 0.879. The molecule has 0 N–H and O–H groups in total. The van der Waals surface area contributed by atoms with Gasteiger partial charge in [0.05, 0.1) is 0 Å². The summed E-state index contributed by atoms with van der Waals surface area (Å²) in [6.07, 6.45) is 19.3. The molecule has 1 saturated heterocycles. The first-order valence-electron chi connectivity index (χ1n) is 8.31. The number of hydrogen-bond donors (Lipinski definition) is 0. The van der Waals surface area contributed by atoms with Crippen molar-refractivity contribution in [2.75, 3.05) is 13.1 Å². The minimum absolute atomic E-state index is 0.879. The van der Waals surface area contributed by atoms with Gasteiger partial charge in [-0.15, -0.1) is 0 Å². The molecular formula is C17H31N. The van der Waals surface area contributed by atoms with Gasteiger partial charge in [-0.1, -0.05) is 32.3 Å². The van der Waals surface area contributed by atoms with E-state index in [-0.39, 0.29) is 0 Å². The van der Waals surface area contributed by atoms with Crippen molar-refractivity contribution in [1.82, 2.24) is 4.90 Å². The van der Waals surface area contributed by atoms with Crippen LogP contribution in [0.15, 0.2) is 12.3 Å². The molecule has 1 nitrogen and oxygen atoms in total. The molecule has 1 heterocycles. The minimum Gasteiger partial charge on any atom is -0.378 e. The third kappa shape index (κ3) is 4.66. The summed E-state index contributed by atoms with van der Waals surface area (Å²) in [4.78, 5) is 2.53. The van der Waals surface area contributed by atoms with Crippen LogP contribution in [0.1, 0.15) is 71.1 Å². The Balaban J connectivity index is 1.64. The summed E-state index contributed by atoms with van der Waals surface area (Å²) in [5.41, 5.74) is 0. The maximum Gasteiger partial charge on any atom is 0.0172 e. The van der Waals surface area contributed by atoms with Gasteiger partial charge in [-0.25, -0.2) is 0 Å². The summed E-state index contributed by atoms with van der Waals surface area (Å²) in [6, 6.07) is 0. The zero-order valence-electron chi connectivity index (χ0n) is 12.2. The summed E-state index contributed by atoms with van der Waals surface area (Å²) < 4.78 is 0. The van der Waals surface area contributed by atoms with Crippen molar-refractivity contribution in [3.05, 3.63) is 12.3 Å². The van der Waals surface area contributed by atoms with Gasteiger partial charge in [-0.05, 0) is 63.0 Å². The van der Waals surface area contributed by atoms with Gasteiger partial charge >= 0.3 is 0 Å². The van der Waals surface area contributed by atoms with E-state index >= 15 is 0 Å². The molecule has 18 heavy (non-hydrogen) atoms. The largest absolute Gasteiger partial charge is 0.378 e. The van der Waals surface area contributed by atoms with E-state index in [1.807, 2.05) is 0 Å². The van der Waals surface area contributed by atoms with E-state index in [0.29, 0.717) is 0 Å². The maximum absolute atomic E-state index is 2.53. The Morgan fingerprint density at radius 3 is 2.39 bits per heavy atom. The Morgan fingerprint density at radius 1 is 1.00 bits per heavy atom. The highest BCUT2D eigenvalue weighted by Crippen LogP contribution is 2.32. The van der Waals surface area contributed by atoms with Gasteiger partial charge in [0.1, 0.15) is 0 Å². The second kappa shape index (κ2) is 7.86. The second-order valence-corrected chi connectivity index (χ2v) is 6.36. The second-order valence-electron chi connectivity index (χ2n) is 6.36. The Labute approximate surface area is 114 Å². The summed E-state index contributed by atoms with van der Waals surface area (Å²) in [7, 11) is 0. The number of hydrogen-bond acceptors (Lipinski definition) is 1. The van der Waals surface area contributed by atoms with Crippen LogP contribution < -0.4 is 0 Å². The smallest absolute Gasteiger partial charge is 0.0172 e. The summed E-state index contributed by atoms with van der Waals surface area (Å²) in [6.45, 7) is 4.90. The van der Waals surface area contributed by atoms with Gasteiger partial charge in [0.25, 0.3) is 0 Å². The molecule has 0 aromatic carbocycles. The van der Waals surface area contributed by atoms with Crippen molar-refractivity contribution in [1.29, 1.82) is 0 Å². The molecule has 0 aromatic heterocycles. The first-order chi connectivity index (χ1) is 8.88. The SMILES string of the molecule is CCCC[C@H]1CC[C@H](/C=C/N2CCCCC2)CC1. The topological polar surface area (TPSA) is 3.24 Å². The number of allylic oxidation sites excluding steroid dienone is 1. The zero-order valence-corrected chi connectivity index (χ0v) is 12.2. The molecule has 1 heteroatoms. The van der Waals surface area contributed by atoms with Crippen molar-refractivity contribution < 1.29 is 0 Å². The predicted molar refractivity (Wildman–Crippen MR) is 79.5 cm³/mol. The lowest BCUT2D eigenvalue weighted by molar-refractivity contribution is 0.281. The third-order valence-electron chi connectivity index (χ3n) is 4.82. The average Bonchev–Trinajstić information content (AvgIpc) is 2.45. The van der Waals surface area contributed by atoms with Crippen molar-refractivity contribution in [2.24, 2.45) is 11.8 Å². The number of piperidine rings is 1. The standard InChI is InChI=1S/C17H31N/c1-2-3-7-16-8-10-17(11-9-16)12-15-18-13-5-4-6-14-18/h12,15-17H,2-11,13-14H2,1H3/b15-12+/t16-,17-. The van der Waals surface area contributed by atoms with Crippen LogP contribution in [0.5, 0.6) is 0 Å². The molecule has 1 saturated carbocycles. The first-order valence-corrected chi connectivity index (χ1v) is 8.31. The molecule has 2 rings (SSSR count). The van der Waals surface area contributed by atoms with E-state index in [1.165, 1.54) is 77.3 Å². The fourth-order valence-corrected chi connectivity index (χ4v) is 3.47. The summed E-state index contributed by atoms with van der Waals surface area (Å²) >= 11 is 0. The normalized spacial score (nSPS) is 29.9. The van der Waals surface area contributed by atoms with Gasteiger partial charge in [0.2, 0.25) is 0 Å². The van der Waals surface area contributed by atoms with E-state index in [9.17, 15) is 0 Å². The van der Waals surface area contributed by atoms with Gasteiger partial charge in [-0.2, -0.15) is 0 Å². The van der Waals surface area contributed by atoms with E-state index in [4.69, 9.17) is 0 Å². The van der Waals surface area contributed by atoms with E-state index < -0.39 is 0 Å². The predicted octanol–water partition coefficient (Wildman–Crippen LogP) is 4.98. The van der Waals surface area contributed by atoms with Crippen molar-refractivity contribution >= 4 is 0 Å². The molecule has 0 amide bonds. The molecular weight excluding hydrogens is 218 g/mol. The summed E-state index contributed by atoms with van der Waals surface area (Å²) in [5.74, 6) is 1.93. The highest BCUT2D eigenvalue weighted by Gasteiger charge is 2.19. The van der Waals surface area contributed by atoms with Crippen molar-refractivity contribution in [2.45, 2.75) is 71.1 Å². The Bertz CT molecular complexity index is 232. The Morgan fingerprint density at radius 2 is 1.72 bits per heavy atom.